The van der Waals surface area contributed by atoms with Gasteiger partial charge in [-0.05, 0) is 50.1 Å². The molecule has 6 nitrogen and oxygen atoms in total. The van der Waals surface area contributed by atoms with Crippen molar-refractivity contribution in [3.8, 4) is 0 Å². The molecular weight excluding hydrogens is 352 g/mol. The molecule has 4 rings (SSSR count). The zero-order valence-corrected chi connectivity index (χ0v) is 16.0. The molecular formula is C22H22N4O2. The zero-order chi connectivity index (χ0) is 19.7. The largest absolute Gasteiger partial charge is 0.361 e. The van der Waals surface area contributed by atoms with Crippen LogP contribution >= 0.6 is 0 Å². The molecule has 2 heterocycles. The number of para-hydroxylation sites is 1. The number of fused-ring (bicyclic) bond motifs is 2. The van der Waals surface area contributed by atoms with E-state index in [1.807, 2.05) is 31.3 Å². The fourth-order valence-electron chi connectivity index (χ4n) is 3.58. The van der Waals surface area contributed by atoms with Crippen molar-refractivity contribution in [1.82, 2.24) is 19.9 Å². The molecule has 6 heteroatoms. The smallest absolute Gasteiger partial charge is 0.272 e. The molecule has 1 amide bonds. The van der Waals surface area contributed by atoms with E-state index in [9.17, 15) is 9.59 Å². The Labute approximate surface area is 162 Å². The molecule has 142 valence electrons. The van der Waals surface area contributed by atoms with Crippen molar-refractivity contribution < 1.29 is 4.79 Å². The number of hydrogen-bond acceptors (Lipinski definition) is 3. The van der Waals surface area contributed by atoms with Gasteiger partial charge in [-0.2, -0.15) is 0 Å². The second kappa shape index (κ2) is 7.31. The monoisotopic (exact) mass is 374 g/mol. The van der Waals surface area contributed by atoms with Crippen LogP contribution in [0, 0.1) is 6.92 Å². The lowest BCUT2D eigenvalue weighted by Crippen LogP contribution is -2.26. The Kier molecular flexibility index (Phi) is 4.69. The molecule has 0 saturated carbocycles. The average Bonchev–Trinajstić information content (AvgIpc) is 3.12. The average molecular weight is 374 g/mol. The lowest BCUT2D eigenvalue weighted by atomic mass is 10.1. The first kappa shape index (κ1) is 18.0. The highest BCUT2D eigenvalue weighted by molar-refractivity contribution is 5.97. The lowest BCUT2D eigenvalue weighted by Gasteiger charge is -2.10. The second-order valence-corrected chi connectivity index (χ2v) is 6.82. The molecule has 0 unspecified atom stereocenters. The van der Waals surface area contributed by atoms with Gasteiger partial charge in [-0.25, -0.2) is 4.98 Å². The van der Waals surface area contributed by atoms with Gasteiger partial charge in [0, 0.05) is 35.8 Å². The summed E-state index contributed by atoms with van der Waals surface area (Å²) in [6, 6.07) is 13.4. The van der Waals surface area contributed by atoms with Crippen molar-refractivity contribution in [2.24, 2.45) is 0 Å². The van der Waals surface area contributed by atoms with Crippen molar-refractivity contribution >= 4 is 27.8 Å². The quantitative estimate of drug-likeness (QED) is 0.563. The van der Waals surface area contributed by atoms with E-state index in [2.05, 4.69) is 21.4 Å². The van der Waals surface area contributed by atoms with Crippen LogP contribution in [0.5, 0.6) is 0 Å². The number of nitrogens with zero attached hydrogens (tertiary/aromatic N) is 2. The second-order valence-electron chi connectivity index (χ2n) is 6.82. The molecule has 0 aliphatic rings. The highest BCUT2D eigenvalue weighted by Crippen LogP contribution is 2.18. The van der Waals surface area contributed by atoms with Gasteiger partial charge in [0.25, 0.3) is 11.5 Å². The van der Waals surface area contributed by atoms with Crippen LogP contribution in [0.1, 0.15) is 28.5 Å². The number of aromatic nitrogens is 3. The minimum Gasteiger partial charge on any atom is -0.361 e. The summed E-state index contributed by atoms with van der Waals surface area (Å²) in [7, 11) is 0. The minimum atomic E-state index is -0.143. The van der Waals surface area contributed by atoms with E-state index in [1.165, 1.54) is 10.9 Å². The van der Waals surface area contributed by atoms with Gasteiger partial charge in [0.1, 0.15) is 5.69 Å². The first-order chi connectivity index (χ1) is 13.6. The Morgan fingerprint density at radius 3 is 2.86 bits per heavy atom. The Hall–Kier alpha value is -3.41. The predicted molar refractivity (Wildman–Crippen MR) is 111 cm³/mol. The van der Waals surface area contributed by atoms with Crippen LogP contribution in [0.25, 0.3) is 21.9 Å². The maximum absolute atomic E-state index is 12.6. The van der Waals surface area contributed by atoms with Crippen molar-refractivity contribution in [3.05, 3.63) is 75.8 Å². The molecule has 0 fully saturated rings. The SMILES string of the molecule is CCn1c(=O)c(C)nc2cc(C(=O)NCCc3c[nH]c4ccccc34)ccc21. The van der Waals surface area contributed by atoms with Gasteiger partial charge < -0.3 is 14.9 Å². The van der Waals surface area contributed by atoms with Crippen LogP contribution < -0.4 is 10.9 Å². The molecule has 28 heavy (non-hydrogen) atoms. The molecule has 2 aromatic heterocycles. The number of H-pyrrole nitrogens is 1. The molecule has 4 aromatic rings. The maximum atomic E-state index is 12.6. The summed E-state index contributed by atoms with van der Waals surface area (Å²) in [5, 5.41) is 4.15. The number of benzene rings is 2. The summed E-state index contributed by atoms with van der Waals surface area (Å²) in [4.78, 5) is 32.4. The van der Waals surface area contributed by atoms with Crippen LogP contribution in [-0.2, 0) is 13.0 Å². The third-order valence-corrected chi connectivity index (χ3v) is 5.04. The number of nitrogens with one attached hydrogen (secondary N) is 2. The van der Waals surface area contributed by atoms with Gasteiger partial charge in [-0.1, -0.05) is 18.2 Å². The van der Waals surface area contributed by atoms with E-state index >= 15 is 0 Å². The van der Waals surface area contributed by atoms with Crippen molar-refractivity contribution in [1.29, 1.82) is 0 Å². The number of aryl methyl sites for hydroxylation is 2. The molecule has 0 aliphatic carbocycles. The molecule has 2 aromatic carbocycles. The first-order valence-electron chi connectivity index (χ1n) is 9.43. The maximum Gasteiger partial charge on any atom is 0.272 e. The van der Waals surface area contributed by atoms with E-state index < -0.39 is 0 Å². The fourth-order valence-corrected chi connectivity index (χ4v) is 3.58. The Bertz CT molecular complexity index is 1240. The molecule has 0 bridgehead atoms. The number of carbonyl (C=O) groups is 1. The normalized spacial score (nSPS) is 11.2. The van der Waals surface area contributed by atoms with Gasteiger partial charge >= 0.3 is 0 Å². The molecule has 0 spiro atoms. The Balaban J connectivity index is 1.51. The standard InChI is InChI=1S/C22H22N4O2/c1-3-26-20-9-8-15(12-19(20)25-14(2)22(26)28)21(27)23-11-10-16-13-24-18-7-5-4-6-17(16)18/h4-9,12-13,24H,3,10-11H2,1-2H3,(H,23,27). The van der Waals surface area contributed by atoms with Crippen LogP contribution in [0.15, 0.2) is 53.5 Å². The van der Waals surface area contributed by atoms with Gasteiger partial charge in [0.2, 0.25) is 0 Å². The summed E-state index contributed by atoms with van der Waals surface area (Å²) < 4.78 is 1.68. The summed E-state index contributed by atoms with van der Waals surface area (Å²) >= 11 is 0. The van der Waals surface area contributed by atoms with Crippen LogP contribution in [-0.4, -0.2) is 27.0 Å². The van der Waals surface area contributed by atoms with Crippen molar-refractivity contribution in [2.45, 2.75) is 26.8 Å². The van der Waals surface area contributed by atoms with Gasteiger partial charge in [-0.15, -0.1) is 0 Å². The molecule has 0 atom stereocenters. The van der Waals surface area contributed by atoms with Gasteiger partial charge in [0.05, 0.1) is 11.0 Å². The number of carbonyl (C=O) groups excluding carboxylic acids is 1. The highest BCUT2D eigenvalue weighted by atomic mass is 16.1. The third-order valence-electron chi connectivity index (χ3n) is 5.04. The zero-order valence-electron chi connectivity index (χ0n) is 16.0. The lowest BCUT2D eigenvalue weighted by molar-refractivity contribution is 0.0954. The molecule has 0 aliphatic heterocycles. The Morgan fingerprint density at radius 2 is 2.04 bits per heavy atom. The topological polar surface area (TPSA) is 79.8 Å². The van der Waals surface area contributed by atoms with E-state index in [0.29, 0.717) is 29.9 Å². The number of hydrogen-bond donors (Lipinski definition) is 2. The summed E-state index contributed by atoms with van der Waals surface area (Å²) in [6.45, 7) is 4.72. The van der Waals surface area contributed by atoms with Crippen LogP contribution in [0.4, 0.5) is 0 Å². The third kappa shape index (κ3) is 3.17. The summed E-state index contributed by atoms with van der Waals surface area (Å²) in [5.74, 6) is -0.143. The van der Waals surface area contributed by atoms with Gasteiger partial charge in [0.15, 0.2) is 0 Å². The number of aromatic amines is 1. The van der Waals surface area contributed by atoms with Gasteiger partial charge in [-0.3, -0.25) is 9.59 Å². The highest BCUT2D eigenvalue weighted by Gasteiger charge is 2.11. The summed E-state index contributed by atoms with van der Waals surface area (Å²) in [5.41, 5.74) is 4.56. The summed E-state index contributed by atoms with van der Waals surface area (Å²) in [6.07, 6.45) is 2.74. The van der Waals surface area contributed by atoms with E-state index in [0.717, 1.165) is 17.5 Å². The van der Waals surface area contributed by atoms with Crippen molar-refractivity contribution in [2.75, 3.05) is 6.54 Å². The van der Waals surface area contributed by atoms with E-state index in [4.69, 9.17) is 0 Å². The van der Waals surface area contributed by atoms with Crippen LogP contribution in [0.2, 0.25) is 0 Å². The van der Waals surface area contributed by atoms with Crippen molar-refractivity contribution in [3.63, 3.8) is 0 Å². The van der Waals surface area contributed by atoms with Crippen LogP contribution in [0.3, 0.4) is 0 Å². The first-order valence-corrected chi connectivity index (χ1v) is 9.43. The van der Waals surface area contributed by atoms with E-state index in [1.54, 1.807) is 29.7 Å². The molecule has 0 radical (unpaired) electrons. The van der Waals surface area contributed by atoms with E-state index in [-0.39, 0.29) is 11.5 Å². The number of amides is 1. The molecule has 0 saturated heterocycles. The Morgan fingerprint density at radius 1 is 1.21 bits per heavy atom. The number of rotatable bonds is 5. The fraction of sp³-hybridized carbons (Fsp3) is 0.227. The molecule has 2 N–H and O–H groups in total. The minimum absolute atomic E-state index is 0.0917. The predicted octanol–water partition coefficient (Wildman–Crippen LogP) is 3.18.